The number of nitrogens with zero attached hydrogens (tertiary/aromatic N) is 2. The summed E-state index contributed by atoms with van der Waals surface area (Å²) in [5.74, 6) is -3.00. The Hall–Kier alpha value is -4.91. The molecule has 0 bridgehead atoms. The van der Waals surface area contributed by atoms with E-state index in [2.05, 4.69) is 10.3 Å². The lowest BCUT2D eigenvalue weighted by Gasteiger charge is -2.33. The Morgan fingerprint density at radius 3 is 2.49 bits per heavy atom. The van der Waals surface area contributed by atoms with Gasteiger partial charge in [-0.15, -0.1) is 0 Å². The minimum absolute atomic E-state index is 0.0108. The first-order valence-corrected chi connectivity index (χ1v) is 17.7. The fourth-order valence-electron chi connectivity index (χ4n) is 6.20. The van der Waals surface area contributed by atoms with Gasteiger partial charge in [-0.1, -0.05) is 18.2 Å². The van der Waals surface area contributed by atoms with E-state index in [-0.39, 0.29) is 53.2 Å². The van der Waals surface area contributed by atoms with Crippen molar-refractivity contribution >= 4 is 44.0 Å². The predicted molar refractivity (Wildman–Crippen MR) is 185 cm³/mol. The van der Waals surface area contributed by atoms with Crippen LogP contribution in [0.2, 0.25) is 0 Å². The molecule has 4 N–H and O–H groups in total. The van der Waals surface area contributed by atoms with Gasteiger partial charge in [0.2, 0.25) is 5.91 Å². The van der Waals surface area contributed by atoms with E-state index in [9.17, 15) is 23.1 Å². The molecule has 13 heteroatoms. The van der Waals surface area contributed by atoms with Crippen LogP contribution in [-0.2, 0) is 19.4 Å². The molecular formula is C36H41FN4O7S. The number of likely N-dealkylation sites (tertiary alicyclic amines) is 1. The zero-order valence-corrected chi connectivity index (χ0v) is 28.8. The molecule has 4 aromatic rings. The number of halogens is 1. The highest BCUT2D eigenvalue weighted by molar-refractivity contribution is 7.92. The molecular weight excluding hydrogens is 651 g/mol. The van der Waals surface area contributed by atoms with Crippen molar-refractivity contribution in [3.8, 4) is 11.5 Å². The van der Waals surface area contributed by atoms with Crippen LogP contribution in [0.5, 0.6) is 11.5 Å². The summed E-state index contributed by atoms with van der Waals surface area (Å²) in [6.45, 7) is 8.66. The number of amides is 1. The summed E-state index contributed by atoms with van der Waals surface area (Å²) >= 11 is 0. The van der Waals surface area contributed by atoms with E-state index in [1.54, 1.807) is 63.4 Å². The highest BCUT2D eigenvalue weighted by atomic mass is 32.2. The van der Waals surface area contributed by atoms with Gasteiger partial charge in [0.25, 0.3) is 0 Å². The van der Waals surface area contributed by atoms with E-state index in [1.165, 1.54) is 43.0 Å². The summed E-state index contributed by atoms with van der Waals surface area (Å²) in [6.07, 6.45) is 1.32. The molecule has 3 atom stereocenters. The Balaban J connectivity index is 1.68. The molecule has 1 fully saturated rings. The number of hydrogen-bond donors (Lipinski definition) is 3. The highest BCUT2D eigenvalue weighted by Crippen LogP contribution is 2.44. The largest absolute Gasteiger partial charge is 0.490 e. The number of sulfone groups is 1. The summed E-state index contributed by atoms with van der Waals surface area (Å²) < 4.78 is 54.8. The van der Waals surface area contributed by atoms with Crippen LogP contribution in [-0.4, -0.2) is 59.8 Å². The van der Waals surface area contributed by atoms with Crippen molar-refractivity contribution in [2.75, 3.05) is 24.2 Å². The molecule has 260 valence electrons. The van der Waals surface area contributed by atoms with Crippen LogP contribution in [0.25, 0.3) is 10.8 Å². The van der Waals surface area contributed by atoms with E-state index in [1.807, 2.05) is 0 Å². The maximum atomic E-state index is 16.2. The van der Waals surface area contributed by atoms with Gasteiger partial charge in [0.05, 0.1) is 34.8 Å². The number of hydrogen-bond acceptors (Lipinski definition) is 9. The number of aliphatic carboxylic acids is 1. The van der Waals surface area contributed by atoms with E-state index in [0.29, 0.717) is 16.9 Å². The van der Waals surface area contributed by atoms with Gasteiger partial charge in [-0.2, -0.15) is 0 Å². The molecule has 1 aromatic heterocycles. The third-order valence-corrected chi connectivity index (χ3v) is 10.8. The Morgan fingerprint density at radius 2 is 1.82 bits per heavy atom. The second kappa shape index (κ2) is 14.3. The minimum atomic E-state index is -3.87. The fraction of sp³-hybridized carbons (Fsp3) is 0.361. The van der Waals surface area contributed by atoms with Crippen molar-refractivity contribution in [3.05, 3.63) is 83.8 Å². The molecule has 5 rings (SSSR count). The number of pyridine rings is 1. The van der Waals surface area contributed by atoms with Crippen molar-refractivity contribution in [2.45, 2.75) is 69.4 Å². The number of benzene rings is 3. The van der Waals surface area contributed by atoms with E-state index >= 15 is 4.39 Å². The molecule has 1 aliphatic heterocycles. The van der Waals surface area contributed by atoms with Crippen LogP contribution in [0.3, 0.4) is 0 Å². The van der Waals surface area contributed by atoms with E-state index < -0.39 is 50.8 Å². The van der Waals surface area contributed by atoms with Crippen LogP contribution in [0, 0.1) is 11.7 Å². The second-order valence-corrected chi connectivity index (χ2v) is 14.9. The van der Waals surface area contributed by atoms with Crippen molar-refractivity contribution in [2.24, 2.45) is 5.92 Å². The van der Waals surface area contributed by atoms with Gasteiger partial charge in [0.15, 0.2) is 21.3 Å². The maximum Gasteiger partial charge on any atom is 0.309 e. The number of fused-ring (bicyclic) bond motifs is 1. The van der Waals surface area contributed by atoms with Crippen molar-refractivity contribution in [3.63, 3.8) is 0 Å². The number of carbonyl (C=O) groups excluding carboxylic acids is 1. The summed E-state index contributed by atoms with van der Waals surface area (Å²) in [7, 11) is -3.87. The van der Waals surface area contributed by atoms with Crippen LogP contribution in [0.15, 0.2) is 71.8 Å². The van der Waals surface area contributed by atoms with Crippen LogP contribution >= 0.6 is 0 Å². The number of rotatable bonds is 12. The van der Waals surface area contributed by atoms with Gasteiger partial charge >= 0.3 is 5.97 Å². The van der Waals surface area contributed by atoms with Gasteiger partial charge in [-0.3, -0.25) is 9.59 Å². The number of carbonyl (C=O) groups is 2. The van der Waals surface area contributed by atoms with Crippen LogP contribution in [0.4, 0.5) is 15.9 Å². The number of nitrogens with two attached hydrogens (primary N) is 1. The summed E-state index contributed by atoms with van der Waals surface area (Å²) in [5.41, 5.74) is 6.63. The Kier molecular flexibility index (Phi) is 10.3. The van der Waals surface area contributed by atoms with Crippen LogP contribution in [0.1, 0.15) is 64.3 Å². The van der Waals surface area contributed by atoms with Crippen molar-refractivity contribution < 1.29 is 37.0 Å². The lowest BCUT2D eigenvalue weighted by Crippen LogP contribution is -2.40. The van der Waals surface area contributed by atoms with Gasteiger partial charge in [0, 0.05) is 35.4 Å². The summed E-state index contributed by atoms with van der Waals surface area (Å²) in [6, 6.07) is 13.1. The number of anilines is 2. The van der Waals surface area contributed by atoms with Crippen LogP contribution < -0.4 is 20.5 Å². The Bertz CT molecular complexity index is 1990. The first-order chi connectivity index (χ1) is 23.2. The van der Waals surface area contributed by atoms with Crippen molar-refractivity contribution in [1.29, 1.82) is 0 Å². The molecule has 1 aliphatic rings. The molecule has 3 aromatic carbocycles. The SMILES string of the molecule is CCOc1cc([C@@H](Nc2ccc3c(N)nccc3c2)C(=O)N2CC[C@H](C(=O)O)[C@@H]2c2ccccc2S(=O)(=O)C(C)C)c(F)cc1OC(C)C. The normalized spacial score (nSPS) is 17.0. The molecule has 11 nitrogen and oxygen atoms in total. The quantitative estimate of drug-likeness (QED) is 0.157. The fourth-order valence-corrected chi connectivity index (χ4v) is 7.50. The number of aromatic nitrogens is 1. The Labute approximate surface area is 285 Å². The number of carboxylic acids is 1. The molecule has 1 saturated heterocycles. The Morgan fingerprint density at radius 1 is 1.08 bits per heavy atom. The van der Waals surface area contributed by atoms with Gasteiger partial charge < -0.3 is 30.5 Å². The number of nitrogen functional groups attached to an aromatic ring is 1. The lowest BCUT2D eigenvalue weighted by atomic mass is 9.93. The molecule has 49 heavy (non-hydrogen) atoms. The third-order valence-electron chi connectivity index (χ3n) is 8.55. The zero-order valence-electron chi connectivity index (χ0n) is 28.0. The lowest BCUT2D eigenvalue weighted by molar-refractivity contribution is -0.143. The average Bonchev–Trinajstić information content (AvgIpc) is 3.50. The molecule has 0 aliphatic carbocycles. The topological polar surface area (TPSA) is 161 Å². The van der Waals surface area contributed by atoms with Gasteiger partial charge in [-0.25, -0.2) is 17.8 Å². The smallest absolute Gasteiger partial charge is 0.309 e. The average molecular weight is 693 g/mol. The first kappa shape index (κ1) is 35.4. The minimum Gasteiger partial charge on any atom is -0.490 e. The summed E-state index contributed by atoms with van der Waals surface area (Å²) in [4.78, 5) is 32.9. The molecule has 2 heterocycles. The molecule has 0 spiro atoms. The monoisotopic (exact) mass is 692 g/mol. The standard InChI is InChI=1S/C36H41FN4O7S/c1-6-47-29-18-27(28(37)19-30(29)48-20(2)3)32(40-23-11-12-24-22(17-23)13-15-39-34(24)38)35(42)41-16-14-26(36(43)44)33(41)25-9-7-8-10-31(25)49(45,46)21(4)5/h7-13,15,17-21,26,32-33,40H,6,14,16H2,1-5H3,(H2,38,39)(H,43,44)/t26-,32+,33-/m0/s1. The highest BCUT2D eigenvalue weighted by Gasteiger charge is 2.46. The first-order valence-electron chi connectivity index (χ1n) is 16.1. The van der Waals surface area contributed by atoms with Gasteiger partial charge in [-0.05, 0) is 88.4 Å². The summed E-state index contributed by atoms with van der Waals surface area (Å²) in [5, 5.41) is 14.1. The maximum absolute atomic E-state index is 16.2. The molecule has 0 radical (unpaired) electrons. The predicted octanol–water partition coefficient (Wildman–Crippen LogP) is 6.15. The number of ether oxygens (including phenoxy) is 2. The second-order valence-electron chi connectivity index (χ2n) is 12.5. The van der Waals surface area contributed by atoms with Crippen molar-refractivity contribution in [1.82, 2.24) is 9.88 Å². The number of nitrogens with one attached hydrogen (secondary N) is 1. The van der Waals surface area contributed by atoms with E-state index in [0.717, 1.165) is 5.39 Å². The molecule has 1 amide bonds. The van der Waals surface area contributed by atoms with E-state index in [4.69, 9.17) is 15.2 Å². The zero-order chi connectivity index (χ0) is 35.6. The third kappa shape index (κ3) is 7.12. The molecule has 0 unspecified atom stereocenters. The number of carboxylic acid groups (broad SMARTS) is 1. The molecule has 0 saturated carbocycles. The van der Waals surface area contributed by atoms with Gasteiger partial charge in [0.1, 0.15) is 17.7 Å².